The minimum Gasteiger partial charge on any atom is -0.349 e. The van der Waals surface area contributed by atoms with E-state index in [9.17, 15) is 4.79 Å². The van der Waals surface area contributed by atoms with Crippen molar-refractivity contribution in [3.8, 4) is 0 Å². The second-order valence-corrected chi connectivity index (χ2v) is 5.22. The highest BCUT2D eigenvalue weighted by Gasteiger charge is 2.11. The van der Waals surface area contributed by atoms with Crippen molar-refractivity contribution >= 4 is 17.4 Å². The van der Waals surface area contributed by atoms with Crippen molar-refractivity contribution in [1.29, 1.82) is 0 Å². The molecule has 116 valence electrons. The van der Waals surface area contributed by atoms with Gasteiger partial charge in [0.2, 0.25) is 0 Å². The fraction of sp³-hybridized carbons (Fsp3) is 0.312. The van der Waals surface area contributed by atoms with Crippen LogP contribution in [0, 0.1) is 0 Å². The van der Waals surface area contributed by atoms with E-state index in [0.29, 0.717) is 18.1 Å². The topological polar surface area (TPSA) is 61.4 Å². The van der Waals surface area contributed by atoms with E-state index in [1.807, 2.05) is 61.3 Å². The molecule has 0 fully saturated rings. The number of amides is 1. The molecule has 0 radical (unpaired) electrons. The van der Waals surface area contributed by atoms with Crippen LogP contribution in [0.25, 0.3) is 0 Å². The number of likely N-dealkylation sites (N-methyl/N-ethyl adjacent to an activating group) is 1. The van der Waals surface area contributed by atoms with Gasteiger partial charge in [-0.05, 0) is 26.2 Å². The number of rotatable bonds is 6. The average molecular weight is 299 g/mol. The van der Waals surface area contributed by atoms with Crippen LogP contribution >= 0.6 is 0 Å². The third kappa shape index (κ3) is 4.26. The van der Waals surface area contributed by atoms with Crippen molar-refractivity contribution in [2.45, 2.75) is 0 Å². The fourth-order valence-corrected chi connectivity index (χ4v) is 1.92. The van der Waals surface area contributed by atoms with Gasteiger partial charge in [0, 0.05) is 31.9 Å². The van der Waals surface area contributed by atoms with Gasteiger partial charge in [0.05, 0.1) is 0 Å². The minimum atomic E-state index is -0.188. The van der Waals surface area contributed by atoms with Gasteiger partial charge in [-0.2, -0.15) is 0 Å². The van der Waals surface area contributed by atoms with Crippen molar-refractivity contribution in [1.82, 2.24) is 20.2 Å². The van der Waals surface area contributed by atoms with E-state index in [0.717, 1.165) is 12.2 Å². The summed E-state index contributed by atoms with van der Waals surface area (Å²) in [5.41, 5.74) is 1.37. The highest BCUT2D eigenvalue weighted by atomic mass is 16.1. The highest BCUT2D eigenvalue weighted by molar-refractivity contribution is 5.93. The Balaban J connectivity index is 2.08. The molecule has 2 rings (SSSR count). The summed E-state index contributed by atoms with van der Waals surface area (Å²) in [7, 11) is 5.83. The van der Waals surface area contributed by atoms with Crippen LogP contribution in [0.1, 0.15) is 10.5 Å². The van der Waals surface area contributed by atoms with Crippen molar-refractivity contribution in [2.75, 3.05) is 39.1 Å². The number of para-hydroxylation sites is 1. The number of nitrogens with zero attached hydrogens (tertiary/aromatic N) is 4. The fourth-order valence-electron chi connectivity index (χ4n) is 1.92. The lowest BCUT2D eigenvalue weighted by molar-refractivity contribution is 0.0946. The molecule has 0 aliphatic heterocycles. The van der Waals surface area contributed by atoms with Crippen LogP contribution in [0.2, 0.25) is 0 Å². The Labute approximate surface area is 130 Å². The van der Waals surface area contributed by atoms with Gasteiger partial charge in [-0.25, -0.2) is 9.97 Å². The molecule has 0 saturated carbocycles. The Morgan fingerprint density at radius 3 is 2.55 bits per heavy atom. The molecule has 6 nitrogen and oxygen atoms in total. The van der Waals surface area contributed by atoms with E-state index in [4.69, 9.17) is 0 Å². The number of hydrogen-bond acceptors (Lipinski definition) is 5. The van der Waals surface area contributed by atoms with Crippen molar-refractivity contribution < 1.29 is 4.79 Å². The molecule has 0 aliphatic carbocycles. The van der Waals surface area contributed by atoms with Crippen LogP contribution in [0.15, 0.2) is 42.7 Å². The second kappa shape index (κ2) is 7.51. The SMILES string of the molecule is CN(C)CCNC(=O)c1cc(N(C)c2ccccc2)ncn1. The molecule has 1 aromatic heterocycles. The molecule has 0 spiro atoms. The third-order valence-electron chi connectivity index (χ3n) is 3.22. The van der Waals surface area contributed by atoms with Crippen molar-refractivity contribution in [3.05, 3.63) is 48.4 Å². The lowest BCUT2D eigenvalue weighted by atomic mass is 10.3. The first-order chi connectivity index (χ1) is 10.6. The summed E-state index contributed by atoms with van der Waals surface area (Å²) in [5, 5.41) is 2.85. The first kappa shape index (κ1) is 15.9. The number of nitrogens with one attached hydrogen (secondary N) is 1. The van der Waals surface area contributed by atoms with E-state index in [1.165, 1.54) is 6.33 Å². The molecule has 0 aliphatic rings. The largest absolute Gasteiger partial charge is 0.349 e. The second-order valence-electron chi connectivity index (χ2n) is 5.22. The summed E-state index contributed by atoms with van der Waals surface area (Å²) in [5.74, 6) is 0.492. The zero-order valence-electron chi connectivity index (χ0n) is 13.2. The zero-order valence-corrected chi connectivity index (χ0v) is 13.2. The zero-order chi connectivity index (χ0) is 15.9. The van der Waals surface area contributed by atoms with Gasteiger partial charge in [0.15, 0.2) is 0 Å². The molecule has 0 bridgehead atoms. The Hall–Kier alpha value is -2.47. The predicted molar refractivity (Wildman–Crippen MR) is 87.4 cm³/mol. The maximum absolute atomic E-state index is 12.1. The molecule has 0 atom stereocenters. The lowest BCUT2D eigenvalue weighted by Crippen LogP contribution is -2.32. The Bertz CT molecular complexity index is 615. The molecule has 0 unspecified atom stereocenters. The molecule has 0 saturated heterocycles. The van der Waals surface area contributed by atoms with Crippen molar-refractivity contribution in [2.24, 2.45) is 0 Å². The molecule has 1 heterocycles. The summed E-state index contributed by atoms with van der Waals surface area (Å²) in [6, 6.07) is 11.5. The minimum absolute atomic E-state index is 0.188. The van der Waals surface area contributed by atoms with Crippen LogP contribution in [0.5, 0.6) is 0 Å². The van der Waals surface area contributed by atoms with Gasteiger partial charge in [0.1, 0.15) is 17.8 Å². The molecular formula is C16H21N5O. The summed E-state index contributed by atoms with van der Waals surface area (Å²) in [4.78, 5) is 24.3. The molecular weight excluding hydrogens is 278 g/mol. The van der Waals surface area contributed by atoms with Crippen LogP contribution in [0.4, 0.5) is 11.5 Å². The number of hydrogen-bond donors (Lipinski definition) is 1. The van der Waals surface area contributed by atoms with Crippen LogP contribution < -0.4 is 10.2 Å². The Morgan fingerprint density at radius 2 is 1.86 bits per heavy atom. The smallest absolute Gasteiger partial charge is 0.270 e. The summed E-state index contributed by atoms with van der Waals surface area (Å²) in [6.07, 6.45) is 1.41. The van der Waals surface area contributed by atoms with E-state index >= 15 is 0 Å². The van der Waals surface area contributed by atoms with Crippen molar-refractivity contribution in [3.63, 3.8) is 0 Å². The molecule has 1 N–H and O–H groups in total. The average Bonchev–Trinajstić information content (AvgIpc) is 2.54. The van der Waals surface area contributed by atoms with E-state index in [1.54, 1.807) is 6.07 Å². The van der Waals surface area contributed by atoms with E-state index in [2.05, 4.69) is 15.3 Å². The maximum Gasteiger partial charge on any atom is 0.270 e. The standard InChI is InChI=1S/C16H21N5O/c1-20(2)10-9-17-16(22)14-11-15(19-12-18-14)21(3)13-7-5-4-6-8-13/h4-8,11-12H,9-10H2,1-3H3,(H,17,22). The number of carbonyl (C=O) groups is 1. The van der Waals surface area contributed by atoms with Gasteiger partial charge >= 0.3 is 0 Å². The lowest BCUT2D eigenvalue weighted by Gasteiger charge is -2.18. The molecule has 22 heavy (non-hydrogen) atoms. The Morgan fingerprint density at radius 1 is 1.14 bits per heavy atom. The summed E-state index contributed by atoms with van der Waals surface area (Å²) < 4.78 is 0. The summed E-state index contributed by atoms with van der Waals surface area (Å²) in [6.45, 7) is 1.37. The molecule has 2 aromatic rings. The van der Waals surface area contributed by atoms with Gasteiger partial charge in [-0.1, -0.05) is 18.2 Å². The van der Waals surface area contributed by atoms with E-state index in [-0.39, 0.29) is 5.91 Å². The maximum atomic E-state index is 12.1. The number of aromatic nitrogens is 2. The predicted octanol–water partition coefficient (Wildman–Crippen LogP) is 1.54. The quantitative estimate of drug-likeness (QED) is 0.876. The van der Waals surface area contributed by atoms with Gasteiger partial charge < -0.3 is 15.1 Å². The van der Waals surface area contributed by atoms with Crippen LogP contribution in [-0.2, 0) is 0 Å². The number of anilines is 2. The van der Waals surface area contributed by atoms with Crippen LogP contribution in [0.3, 0.4) is 0 Å². The van der Waals surface area contributed by atoms with Gasteiger partial charge in [0.25, 0.3) is 5.91 Å². The molecule has 1 aromatic carbocycles. The highest BCUT2D eigenvalue weighted by Crippen LogP contribution is 2.20. The van der Waals surface area contributed by atoms with Gasteiger partial charge in [-0.15, -0.1) is 0 Å². The first-order valence-corrected chi connectivity index (χ1v) is 7.11. The number of carbonyl (C=O) groups excluding carboxylic acids is 1. The Kier molecular flexibility index (Phi) is 5.43. The third-order valence-corrected chi connectivity index (χ3v) is 3.22. The first-order valence-electron chi connectivity index (χ1n) is 7.11. The number of benzene rings is 1. The van der Waals surface area contributed by atoms with Gasteiger partial charge in [-0.3, -0.25) is 4.79 Å². The van der Waals surface area contributed by atoms with Crippen LogP contribution in [-0.4, -0.2) is 55.0 Å². The van der Waals surface area contributed by atoms with E-state index < -0.39 is 0 Å². The normalized spacial score (nSPS) is 10.5. The molecule has 1 amide bonds. The monoisotopic (exact) mass is 299 g/mol. The summed E-state index contributed by atoms with van der Waals surface area (Å²) >= 11 is 0. The molecule has 6 heteroatoms.